The third-order valence-corrected chi connectivity index (χ3v) is 5.17. The molecule has 0 aromatic heterocycles. The highest BCUT2D eigenvalue weighted by Gasteiger charge is 2.30. The van der Waals surface area contributed by atoms with Crippen LogP contribution in [0.25, 0.3) is 0 Å². The van der Waals surface area contributed by atoms with Gasteiger partial charge in [0.25, 0.3) is 10.9 Å². The van der Waals surface area contributed by atoms with E-state index in [1.54, 1.807) is 4.90 Å². The van der Waals surface area contributed by atoms with Crippen molar-refractivity contribution < 1.29 is 13.6 Å². The van der Waals surface area contributed by atoms with Gasteiger partial charge in [-0.3, -0.25) is 14.2 Å². The van der Waals surface area contributed by atoms with Crippen LogP contribution in [0.15, 0.2) is 9.59 Å². The van der Waals surface area contributed by atoms with Crippen molar-refractivity contribution in [2.24, 2.45) is 0 Å². The number of nitrogens with one attached hydrogen (secondary N) is 1. The summed E-state index contributed by atoms with van der Waals surface area (Å²) in [7, 11) is -0.439. The number of anilines is 2. The molecule has 7 nitrogen and oxygen atoms in total. The average molecular weight is 288 g/mol. The molecule has 0 spiro atoms. The highest BCUT2D eigenvalue weighted by molar-refractivity contribution is 7.53. The second kappa shape index (κ2) is 5.45. The molecular weight excluding hydrogens is 271 g/mol. The van der Waals surface area contributed by atoms with Gasteiger partial charge in [0.1, 0.15) is 11.4 Å². The van der Waals surface area contributed by atoms with Crippen molar-refractivity contribution in [3.05, 3.63) is 20.4 Å². The SMILES string of the molecule is COP(=O)(CCN1CCCNc2c1c(=O)c2=O)OC. The van der Waals surface area contributed by atoms with E-state index in [4.69, 9.17) is 9.05 Å². The van der Waals surface area contributed by atoms with E-state index in [-0.39, 0.29) is 6.16 Å². The van der Waals surface area contributed by atoms with Gasteiger partial charge in [-0.1, -0.05) is 0 Å². The molecule has 0 saturated heterocycles. The topological polar surface area (TPSA) is 84.9 Å². The van der Waals surface area contributed by atoms with Crippen LogP contribution in [0.2, 0.25) is 0 Å². The van der Waals surface area contributed by atoms with Gasteiger partial charge in [0.2, 0.25) is 0 Å². The second-order valence-corrected chi connectivity index (χ2v) is 6.75. The lowest BCUT2D eigenvalue weighted by molar-refractivity contribution is 0.276. The van der Waals surface area contributed by atoms with Crippen molar-refractivity contribution >= 4 is 19.0 Å². The minimum Gasteiger partial charge on any atom is -0.380 e. The summed E-state index contributed by atoms with van der Waals surface area (Å²) in [5.74, 6) is 0. The van der Waals surface area contributed by atoms with Crippen LogP contribution < -0.4 is 21.1 Å². The summed E-state index contributed by atoms with van der Waals surface area (Å²) in [6, 6.07) is 0. The van der Waals surface area contributed by atoms with Crippen molar-refractivity contribution in [1.29, 1.82) is 0 Å². The molecular formula is C11H17N2O5P. The second-order valence-electron chi connectivity index (χ2n) is 4.35. The minimum atomic E-state index is -3.10. The molecule has 1 N–H and O–H groups in total. The Labute approximate surface area is 110 Å². The van der Waals surface area contributed by atoms with Crippen molar-refractivity contribution in [3.63, 3.8) is 0 Å². The molecule has 19 heavy (non-hydrogen) atoms. The first kappa shape index (κ1) is 14.2. The number of hydrogen-bond donors (Lipinski definition) is 1. The molecule has 0 aliphatic carbocycles. The summed E-state index contributed by atoms with van der Waals surface area (Å²) in [6.07, 6.45) is 0.982. The zero-order valence-corrected chi connectivity index (χ0v) is 11.9. The van der Waals surface area contributed by atoms with E-state index in [0.29, 0.717) is 31.0 Å². The Morgan fingerprint density at radius 3 is 2.58 bits per heavy atom. The lowest BCUT2D eigenvalue weighted by atomic mass is 10.2. The maximum Gasteiger partial charge on any atom is 0.331 e. The van der Waals surface area contributed by atoms with Crippen LogP contribution >= 0.6 is 7.60 Å². The molecule has 0 amide bonds. The number of fused-ring (bicyclic) bond motifs is 1. The summed E-state index contributed by atoms with van der Waals surface area (Å²) in [4.78, 5) is 24.8. The van der Waals surface area contributed by atoms with Crippen LogP contribution in [-0.2, 0) is 13.6 Å². The van der Waals surface area contributed by atoms with Gasteiger partial charge in [-0.15, -0.1) is 0 Å². The number of nitrogens with zero attached hydrogens (tertiary/aromatic N) is 1. The number of hydrogen-bond acceptors (Lipinski definition) is 7. The lowest BCUT2D eigenvalue weighted by Gasteiger charge is -2.25. The van der Waals surface area contributed by atoms with Crippen LogP contribution in [0, 0.1) is 0 Å². The summed E-state index contributed by atoms with van der Waals surface area (Å²) < 4.78 is 21.7. The highest BCUT2D eigenvalue weighted by atomic mass is 31.2. The van der Waals surface area contributed by atoms with E-state index in [0.717, 1.165) is 6.42 Å². The van der Waals surface area contributed by atoms with Crippen LogP contribution in [0.3, 0.4) is 0 Å². The van der Waals surface area contributed by atoms with Crippen LogP contribution in [0.5, 0.6) is 0 Å². The van der Waals surface area contributed by atoms with Gasteiger partial charge < -0.3 is 19.3 Å². The fourth-order valence-electron chi connectivity index (χ4n) is 2.16. The molecule has 0 unspecified atom stereocenters. The summed E-state index contributed by atoms with van der Waals surface area (Å²) >= 11 is 0. The zero-order chi connectivity index (χ0) is 14.0. The van der Waals surface area contributed by atoms with E-state index in [9.17, 15) is 14.2 Å². The molecule has 0 radical (unpaired) electrons. The molecule has 1 aliphatic heterocycles. The Morgan fingerprint density at radius 1 is 1.26 bits per heavy atom. The summed E-state index contributed by atoms with van der Waals surface area (Å²) in [5, 5.41) is 2.95. The standard InChI is InChI=1S/C11H17N2O5P/c1-17-19(16,18-2)7-6-13-5-3-4-12-8-9(13)11(15)10(8)14/h12H,3-7H2,1-2H3. The van der Waals surface area contributed by atoms with E-state index in [1.165, 1.54) is 14.2 Å². The molecule has 8 heteroatoms. The summed E-state index contributed by atoms with van der Waals surface area (Å²) in [6.45, 7) is 1.65. The smallest absolute Gasteiger partial charge is 0.331 e. The maximum atomic E-state index is 12.0. The summed E-state index contributed by atoms with van der Waals surface area (Å²) in [5.41, 5.74) is -0.161. The largest absolute Gasteiger partial charge is 0.380 e. The molecule has 1 aromatic rings. The first-order valence-corrected chi connectivity index (χ1v) is 7.78. The molecule has 1 aliphatic rings. The van der Waals surface area contributed by atoms with E-state index in [2.05, 4.69) is 5.32 Å². The molecule has 1 aromatic carbocycles. The molecule has 0 saturated carbocycles. The molecule has 0 bridgehead atoms. The van der Waals surface area contributed by atoms with Crippen LogP contribution in [0.4, 0.5) is 11.4 Å². The predicted octanol–water partition coefficient (Wildman–Crippen LogP) is 0.390. The first-order chi connectivity index (χ1) is 9.02. The Morgan fingerprint density at radius 2 is 1.95 bits per heavy atom. The normalized spacial score (nSPS) is 16.0. The molecule has 0 fully saturated rings. The van der Waals surface area contributed by atoms with Gasteiger partial charge in [0, 0.05) is 33.9 Å². The maximum absolute atomic E-state index is 12.0. The fourth-order valence-corrected chi connectivity index (χ4v) is 3.16. The molecule has 2 rings (SSSR count). The lowest BCUT2D eigenvalue weighted by Crippen LogP contribution is -2.42. The Kier molecular flexibility index (Phi) is 4.08. The zero-order valence-electron chi connectivity index (χ0n) is 11.0. The molecule has 0 atom stereocenters. The quantitative estimate of drug-likeness (QED) is 0.619. The minimum absolute atomic E-state index is 0.179. The highest BCUT2D eigenvalue weighted by Crippen LogP contribution is 2.46. The fraction of sp³-hybridized carbons (Fsp3) is 0.636. The first-order valence-electron chi connectivity index (χ1n) is 6.05. The van der Waals surface area contributed by atoms with Gasteiger partial charge in [0.05, 0.1) is 6.16 Å². The van der Waals surface area contributed by atoms with E-state index < -0.39 is 18.5 Å². The Balaban J connectivity index is 2.13. The van der Waals surface area contributed by atoms with Gasteiger partial charge in [-0.05, 0) is 6.42 Å². The van der Waals surface area contributed by atoms with Crippen molar-refractivity contribution in [2.75, 3.05) is 50.2 Å². The van der Waals surface area contributed by atoms with Gasteiger partial charge >= 0.3 is 7.60 Å². The van der Waals surface area contributed by atoms with Gasteiger partial charge in [-0.2, -0.15) is 0 Å². The van der Waals surface area contributed by atoms with E-state index in [1.807, 2.05) is 0 Å². The van der Waals surface area contributed by atoms with Crippen molar-refractivity contribution in [2.45, 2.75) is 6.42 Å². The monoisotopic (exact) mass is 288 g/mol. The number of rotatable bonds is 5. The van der Waals surface area contributed by atoms with Crippen LogP contribution in [0.1, 0.15) is 6.42 Å². The average Bonchev–Trinajstić information content (AvgIpc) is 2.64. The Hall–Kier alpha value is -1.17. The van der Waals surface area contributed by atoms with E-state index >= 15 is 0 Å². The van der Waals surface area contributed by atoms with Gasteiger partial charge in [-0.25, -0.2) is 0 Å². The third-order valence-electron chi connectivity index (χ3n) is 3.31. The van der Waals surface area contributed by atoms with Gasteiger partial charge in [0.15, 0.2) is 0 Å². The van der Waals surface area contributed by atoms with Crippen LogP contribution in [-0.4, -0.2) is 40.0 Å². The third kappa shape index (κ3) is 2.59. The predicted molar refractivity (Wildman–Crippen MR) is 73.2 cm³/mol. The Bertz CT molecular complexity index is 570. The molecule has 106 valence electrons. The van der Waals surface area contributed by atoms with Crippen molar-refractivity contribution in [1.82, 2.24) is 0 Å². The van der Waals surface area contributed by atoms with Crippen molar-refractivity contribution in [3.8, 4) is 0 Å². The molecule has 1 heterocycles.